The van der Waals surface area contributed by atoms with Gasteiger partial charge in [0.05, 0.1) is 6.10 Å². The molecule has 1 saturated carbocycles. The van der Waals surface area contributed by atoms with E-state index in [1.807, 2.05) is 11.8 Å². The zero-order valence-corrected chi connectivity index (χ0v) is 10.6. The highest BCUT2D eigenvalue weighted by molar-refractivity contribution is 8.00. The molecule has 2 heteroatoms. The van der Waals surface area contributed by atoms with Gasteiger partial charge in [-0.1, -0.05) is 26.2 Å². The minimum Gasteiger partial charge on any atom is -0.392 e. The Morgan fingerprint density at radius 1 is 1.20 bits per heavy atom. The molecule has 0 bridgehead atoms. The summed E-state index contributed by atoms with van der Waals surface area (Å²) in [5, 5.41) is 10.9. The number of hydrogen-bond acceptors (Lipinski definition) is 2. The molecule has 2 atom stereocenters. The van der Waals surface area contributed by atoms with Crippen LogP contribution >= 0.6 is 11.8 Å². The molecule has 0 aromatic heterocycles. The van der Waals surface area contributed by atoms with E-state index in [2.05, 4.69) is 6.92 Å². The van der Waals surface area contributed by atoms with Gasteiger partial charge in [0.1, 0.15) is 0 Å². The van der Waals surface area contributed by atoms with Gasteiger partial charge in [-0.2, -0.15) is 11.8 Å². The van der Waals surface area contributed by atoms with Crippen LogP contribution in [0.15, 0.2) is 0 Å². The Labute approximate surface area is 98.0 Å². The fraction of sp³-hybridized carbons (Fsp3) is 1.00. The van der Waals surface area contributed by atoms with Crippen molar-refractivity contribution in [1.82, 2.24) is 0 Å². The number of aliphatic hydroxyl groups is 1. The third-order valence-electron chi connectivity index (χ3n) is 4.30. The summed E-state index contributed by atoms with van der Waals surface area (Å²) in [6, 6.07) is 0. The molecule has 1 aliphatic heterocycles. The zero-order chi connectivity index (χ0) is 10.7. The second-order valence-corrected chi connectivity index (χ2v) is 6.58. The quantitative estimate of drug-likeness (QED) is 0.798. The molecular weight excluding hydrogens is 204 g/mol. The largest absolute Gasteiger partial charge is 0.392 e. The van der Waals surface area contributed by atoms with Crippen molar-refractivity contribution in [1.29, 1.82) is 0 Å². The van der Waals surface area contributed by atoms with Crippen LogP contribution < -0.4 is 0 Å². The lowest BCUT2D eigenvalue weighted by atomic mass is 9.77. The normalized spacial score (nSPS) is 39.2. The predicted molar refractivity (Wildman–Crippen MR) is 67.2 cm³/mol. The standard InChI is InChI=1S/C13H24OS/c1-2-10-5-7-11(8-6-10)13(14)12-4-3-9-15-12/h10-14H,2-9H2,1H3. The Bertz CT molecular complexity index is 181. The van der Waals surface area contributed by atoms with Gasteiger partial charge in [0, 0.05) is 5.25 Å². The van der Waals surface area contributed by atoms with E-state index in [1.54, 1.807) is 0 Å². The molecule has 0 spiro atoms. The van der Waals surface area contributed by atoms with Gasteiger partial charge in [0.15, 0.2) is 0 Å². The SMILES string of the molecule is CCC1CCC(C(O)C2CCCS2)CC1. The van der Waals surface area contributed by atoms with Gasteiger partial charge >= 0.3 is 0 Å². The molecular formula is C13H24OS. The first-order chi connectivity index (χ1) is 7.31. The summed E-state index contributed by atoms with van der Waals surface area (Å²) < 4.78 is 0. The molecule has 1 heterocycles. The van der Waals surface area contributed by atoms with Crippen LogP contribution in [0.4, 0.5) is 0 Å². The molecule has 88 valence electrons. The molecule has 2 unspecified atom stereocenters. The van der Waals surface area contributed by atoms with Crippen LogP contribution in [0.25, 0.3) is 0 Å². The lowest BCUT2D eigenvalue weighted by Gasteiger charge is -2.33. The molecule has 0 aromatic carbocycles. The first kappa shape index (κ1) is 11.8. The number of hydrogen-bond donors (Lipinski definition) is 1. The Hall–Kier alpha value is 0.310. The van der Waals surface area contributed by atoms with Crippen LogP contribution in [0.3, 0.4) is 0 Å². The molecule has 1 aliphatic carbocycles. The van der Waals surface area contributed by atoms with E-state index in [0.29, 0.717) is 11.2 Å². The van der Waals surface area contributed by atoms with Crippen LogP contribution in [0.2, 0.25) is 0 Å². The van der Waals surface area contributed by atoms with E-state index in [-0.39, 0.29) is 6.10 Å². The maximum Gasteiger partial charge on any atom is 0.0686 e. The molecule has 15 heavy (non-hydrogen) atoms. The van der Waals surface area contributed by atoms with Gasteiger partial charge in [0.25, 0.3) is 0 Å². The Balaban J connectivity index is 1.78. The van der Waals surface area contributed by atoms with Crippen LogP contribution in [0.1, 0.15) is 51.9 Å². The minimum atomic E-state index is -0.00435. The van der Waals surface area contributed by atoms with Crippen molar-refractivity contribution in [3.05, 3.63) is 0 Å². The average Bonchev–Trinajstić information content (AvgIpc) is 2.82. The molecule has 1 nitrogen and oxygen atoms in total. The topological polar surface area (TPSA) is 20.2 Å². The molecule has 0 aromatic rings. The summed E-state index contributed by atoms with van der Waals surface area (Å²) in [7, 11) is 0. The maximum atomic E-state index is 10.3. The second-order valence-electron chi connectivity index (χ2n) is 5.23. The monoisotopic (exact) mass is 228 g/mol. The van der Waals surface area contributed by atoms with Crippen LogP contribution in [-0.2, 0) is 0 Å². The maximum absolute atomic E-state index is 10.3. The summed E-state index contributed by atoms with van der Waals surface area (Å²) in [5.41, 5.74) is 0. The number of thioether (sulfide) groups is 1. The Morgan fingerprint density at radius 3 is 2.47 bits per heavy atom. The molecule has 1 saturated heterocycles. The fourth-order valence-corrected chi connectivity index (χ4v) is 4.50. The summed E-state index contributed by atoms with van der Waals surface area (Å²) in [4.78, 5) is 0. The van der Waals surface area contributed by atoms with Crippen molar-refractivity contribution in [3.8, 4) is 0 Å². The van der Waals surface area contributed by atoms with Crippen LogP contribution in [0.5, 0.6) is 0 Å². The third kappa shape index (κ3) is 2.91. The summed E-state index contributed by atoms with van der Waals surface area (Å²) in [5.74, 6) is 2.83. The van der Waals surface area contributed by atoms with Crippen molar-refractivity contribution < 1.29 is 5.11 Å². The lowest BCUT2D eigenvalue weighted by molar-refractivity contribution is 0.0708. The third-order valence-corrected chi connectivity index (χ3v) is 5.76. The van der Waals surface area contributed by atoms with Gasteiger partial charge in [0.2, 0.25) is 0 Å². The molecule has 1 N–H and O–H groups in total. The highest BCUT2D eigenvalue weighted by Gasteiger charge is 2.32. The number of aliphatic hydroxyl groups excluding tert-OH is 1. The molecule has 2 fully saturated rings. The Morgan fingerprint density at radius 2 is 1.93 bits per heavy atom. The van der Waals surface area contributed by atoms with E-state index in [0.717, 1.165) is 5.92 Å². The molecule has 0 radical (unpaired) electrons. The molecule has 0 amide bonds. The van der Waals surface area contributed by atoms with Gasteiger partial charge in [-0.3, -0.25) is 0 Å². The van der Waals surface area contributed by atoms with E-state index >= 15 is 0 Å². The smallest absolute Gasteiger partial charge is 0.0686 e. The predicted octanol–water partition coefficient (Wildman–Crippen LogP) is 3.46. The van der Waals surface area contributed by atoms with Gasteiger partial charge in [-0.15, -0.1) is 0 Å². The van der Waals surface area contributed by atoms with Crippen molar-refractivity contribution in [2.75, 3.05) is 5.75 Å². The van der Waals surface area contributed by atoms with Crippen molar-refractivity contribution in [2.24, 2.45) is 11.8 Å². The van der Waals surface area contributed by atoms with E-state index < -0.39 is 0 Å². The van der Waals surface area contributed by atoms with Crippen LogP contribution in [-0.4, -0.2) is 22.2 Å². The van der Waals surface area contributed by atoms with E-state index in [1.165, 1.54) is 50.7 Å². The van der Waals surface area contributed by atoms with E-state index in [9.17, 15) is 5.11 Å². The number of rotatable bonds is 3. The van der Waals surface area contributed by atoms with E-state index in [4.69, 9.17) is 0 Å². The highest BCUT2D eigenvalue weighted by atomic mass is 32.2. The minimum absolute atomic E-state index is 0.00435. The van der Waals surface area contributed by atoms with Crippen molar-refractivity contribution in [3.63, 3.8) is 0 Å². The van der Waals surface area contributed by atoms with Gasteiger partial charge < -0.3 is 5.11 Å². The summed E-state index contributed by atoms with van der Waals surface area (Å²) >= 11 is 2.00. The highest BCUT2D eigenvalue weighted by Crippen LogP contribution is 2.38. The first-order valence-electron chi connectivity index (χ1n) is 6.61. The van der Waals surface area contributed by atoms with Crippen molar-refractivity contribution in [2.45, 2.75) is 63.2 Å². The summed E-state index contributed by atoms with van der Waals surface area (Å²) in [6.07, 6.45) is 9.16. The van der Waals surface area contributed by atoms with Gasteiger partial charge in [-0.25, -0.2) is 0 Å². The first-order valence-corrected chi connectivity index (χ1v) is 7.65. The lowest BCUT2D eigenvalue weighted by Crippen LogP contribution is -2.32. The average molecular weight is 228 g/mol. The summed E-state index contributed by atoms with van der Waals surface area (Å²) in [6.45, 7) is 2.30. The zero-order valence-electron chi connectivity index (χ0n) is 9.82. The van der Waals surface area contributed by atoms with Crippen molar-refractivity contribution >= 4 is 11.8 Å². The molecule has 2 aliphatic rings. The van der Waals surface area contributed by atoms with Crippen LogP contribution in [0, 0.1) is 11.8 Å². The Kier molecular flexibility index (Phi) is 4.39. The fourth-order valence-electron chi connectivity index (χ4n) is 3.11. The van der Waals surface area contributed by atoms with Gasteiger partial charge in [-0.05, 0) is 43.3 Å². The second kappa shape index (κ2) is 5.58. The molecule has 2 rings (SSSR count).